The van der Waals surface area contributed by atoms with E-state index in [1.165, 1.54) is 6.42 Å². The summed E-state index contributed by atoms with van der Waals surface area (Å²) >= 11 is 0. The van der Waals surface area contributed by atoms with Gasteiger partial charge >= 0.3 is 0 Å². The zero-order valence-corrected chi connectivity index (χ0v) is 8.39. The molecule has 0 aromatic carbocycles. The molecule has 1 atom stereocenters. The lowest BCUT2D eigenvalue weighted by Gasteiger charge is -2.04. The number of hydrogen-bond acceptors (Lipinski definition) is 2. The van der Waals surface area contributed by atoms with E-state index in [2.05, 4.69) is 6.92 Å². The summed E-state index contributed by atoms with van der Waals surface area (Å²) < 4.78 is 5.21. The fraction of sp³-hybridized carbons (Fsp3) is 1.00. The maximum absolute atomic E-state index is 5.45. The molecule has 2 nitrogen and oxygen atoms in total. The number of unbranched alkanes of at least 4 members (excludes halogenated alkanes) is 1. The highest BCUT2D eigenvalue weighted by molar-refractivity contribution is 4.47. The van der Waals surface area contributed by atoms with Gasteiger partial charge in [0, 0.05) is 12.6 Å². The number of ether oxygens (including phenoxy) is 1. The molecule has 0 saturated carbocycles. The van der Waals surface area contributed by atoms with Gasteiger partial charge in [-0.15, -0.1) is 0 Å². The third-order valence-electron chi connectivity index (χ3n) is 1.02. The molecule has 0 aliphatic heterocycles. The Kier molecular flexibility index (Phi) is 15.4. The minimum Gasteiger partial charge on any atom is -0.380 e. The van der Waals surface area contributed by atoms with Crippen LogP contribution in [0.25, 0.3) is 0 Å². The van der Waals surface area contributed by atoms with Crippen molar-refractivity contribution >= 4 is 0 Å². The van der Waals surface area contributed by atoms with E-state index < -0.39 is 0 Å². The van der Waals surface area contributed by atoms with Crippen molar-refractivity contribution in [1.29, 1.82) is 0 Å². The van der Waals surface area contributed by atoms with E-state index in [-0.39, 0.29) is 6.04 Å². The highest BCUT2D eigenvalue weighted by Crippen LogP contribution is 1.88. The van der Waals surface area contributed by atoms with Gasteiger partial charge in [0.05, 0.1) is 6.61 Å². The Morgan fingerprint density at radius 2 is 1.91 bits per heavy atom. The van der Waals surface area contributed by atoms with Crippen molar-refractivity contribution in [3.63, 3.8) is 0 Å². The van der Waals surface area contributed by atoms with Crippen molar-refractivity contribution in [2.24, 2.45) is 5.73 Å². The van der Waals surface area contributed by atoms with Gasteiger partial charge in [0.1, 0.15) is 0 Å². The van der Waals surface area contributed by atoms with Crippen LogP contribution < -0.4 is 5.73 Å². The van der Waals surface area contributed by atoms with Gasteiger partial charge in [-0.3, -0.25) is 0 Å². The van der Waals surface area contributed by atoms with Crippen LogP contribution in [-0.4, -0.2) is 19.3 Å². The lowest BCUT2D eigenvalue weighted by molar-refractivity contribution is 0.122. The molecule has 70 valence electrons. The highest BCUT2D eigenvalue weighted by atomic mass is 16.5. The minimum absolute atomic E-state index is 0.182. The molecule has 0 spiro atoms. The van der Waals surface area contributed by atoms with Crippen LogP contribution in [-0.2, 0) is 4.74 Å². The average Bonchev–Trinajstić information content (AvgIpc) is 2.02. The summed E-state index contributed by atoms with van der Waals surface area (Å²) in [4.78, 5) is 0. The van der Waals surface area contributed by atoms with Gasteiger partial charge in [-0.25, -0.2) is 0 Å². The molecular weight excluding hydrogens is 138 g/mol. The van der Waals surface area contributed by atoms with E-state index in [0.717, 1.165) is 13.0 Å². The van der Waals surface area contributed by atoms with Gasteiger partial charge in [0.2, 0.25) is 0 Å². The van der Waals surface area contributed by atoms with Gasteiger partial charge in [0.25, 0.3) is 0 Å². The topological polar surface area (TPSA) is 35.2 Å². The summed E-state index contributed by atoms with van der Waals surface area (Å²) in [5, 5.41) is 0. The van der Waals surface area contributed by atoms with E-state index in [9.17, 15) is 0 Å². The van der Waals surface area contributed by atoms with Crippen LogP contribution >= 0.6 is 0 Å². The highest BCUT2D eigenvalue weighted by Gasteiger charge is 1.91. The van der Waals surface area contributed by atoms with E-state index in [0.29, 0.717) is 6.61 Å². The summed E-state index contributed by atoms with van der Waals surface area (Å²) in [7, 11) is 0. The van der Waals surface area contributed by atoms with Crippen molar-refractivity contribution in [1.82, 2.24) is 0 Å². The molecular formula is C9H23NO. The van der Waals surface area contributed by atoms with Gasteiger partial charge < -0.3 is 10.5 Å². The van der Waals surface area contributed by atoms with Crippen molar-refractivity contribution in [2.45, 2.75) is 46.6 Å². The molecule has 11 heavy (non-hydrogen) atoms. The monoisotopic (exact) mass is 161 g/mol. The van der Waals surface area contributed by atoms with Crippen molar-refractivity contribution in [3.8, 4) is 0 Å². The molecule has 0 aliphatic carbocycles. The SMILES string of the molecule is CC.CCCCOCC(C)N. The maximum Gasteiger partial charge on any atom is 0.0614 e. The normalized spacial score (nSPS) is 11.7. The smallest absolute Gasteiger partial charge is 0.0614 e. The molecule has 0 aromatic heterocycles. The first-order valence-electron chi connectivity index (χ1n) is 4.60. The van der Waals surface area contributed by atoms with Crippen LogP contribution in [0, 0.1) is 0 Å². The Morgan fingerprint density at radius 1 is 1.36 bits per heavy atom. The largest absolute Gasteiger partial charge is 0.380 e. The van der Waals surface area contributed by atoms with Crippen LogP contribution in [0.2, 0.25) is 0 Å². The predicted molar refractivity (Wildman–Crippen MR) is 50.7 cm³/mol. The van der Waals surface area contributed by atoms with E-state index in [4.69, 9.17) is 10.5 Å². The van der Waals surface area contributed by atoms with Crippen LogP contribution in [0.4, 0.5) is 0 Å². The van der Waals surface area contributed by atoms with Crippen molar-refractivity contribution < 1.29 is 4.74 Å². The Bertz CT molecular complexity index is 55.5. The molecule has 0 radical (unpaired) electrons. The molecule has 1 unspecified atom stereocenters. The first-order valence-corrected chi connectivity index (χ1v) is 4.60. The first-order chi connectivity index (χ1) is 5.27. The second-order valence-corrected chi connectivity index (χ2v) is 2.41. The van der Waals surface area contributed by atoms with Crippen LogP contribution in [0.15, 0.2) is 0 Å². The number of hydrogen-bond donors (Lipinski definition) is 1. The third kappa shape index (κ3) is 17.8. The average molecular weight is 161 g/mol. The maximum atomic E-state index is 5.45. The second kappa shape index (κ2) is 12.6. The molecule has 0 saturated heterocycles. The molecule has 0 aromatic rings. The second-order valence-electron chi connectivity index (χ2n) is 2.41. The molecule has 2 N–H and O–H groups in total. The summed E-state index contributed by atoms with van der Waals surface area (Å²) in [6, 6.07) is 0.182. The lowest BCUT2D eigenvalue weighted by Crippen LogP contribution is -2.21. The van der Waals surface area contributed by atoms with Crippen LogP contribution in [0.1, 0.15) is 40.5 Å². The Morgan fingerprint density at radius 3 is 2.27 bits per heavy atom. The summed E-state index contributed by atoms with van der Waals surface area (Å²) in [6.07, 6.45) is 2.34. The van der Waals surface area contributed by atoms with Gasteiger partial charge in [-0.05, 0) is 13.3 Å². The summed E-state index contributed by atoms with van der Waals surface area (Å²) in [5.41, 5.74) is 5.45. The standard InChI is InChI=1S/C7H17NO.C2H6/c1-3-4-5-9-6-7(2)8;1-2/h7H,3-6,8H2,1-2H3;1-2H3. The van der Waals surface area contributed by atoms with Gasteiger partial charge in [-0.2, -0.15) is 0 Å². The van der Waals surface area contributed by atoms with Crippen molar-refractivity contribution in [2.75, 3.05) is 13.2 Å². The van der Waals surface area contributed by atoms with Crippen LogP contribution in [0.5, 0.6) is 0 Å². The molecule has 0 rings (SSSR count). The van der Waals surface area contributed by atoms with E-state index in [1.54, 1.807) is 0 Å². The molecule has 0 heterocycles. The molecule has 2 heteroatoms. The zero-order chi connectivity index (χ0) is 9.11. The lowest BCUT2D eigenvalue weighted by atomic mass is 10.3. The Hall–Kier alpha value is -0.0800. The van der Waals surface area contributed by atoms with Gasteiger partial charge in [-0.1, -0.05) is 27.2 Å². The molecule has 0 bridgehead atoms. The molecule has 0 fully saturated rings. The number of nitrogens with two attached hydrogens (primary N) is 1. The Balaban J connectivity index is 0. The zero-order valence-electron chi connectivity index (χ0n) is 8.39. The quantitative estimate of drug-likeness (QED) is 0.627. The Labute approximate surface area is 71.1 Å². The summed E-state index contributed by atoms with van der Waals surface area (Å²) in [6.45, 7) is 9.65. The molecule has 0 amide bonds. The fourth-order valence-electron chi connectivity index (χ4n) is 0.516. The predicted octanol–water partition coefficient (Wildman–Crippen LogP) is 2.18. The van der Waals surface area contributed by atoms with Crippen LogP contribution in [0.3, 0.4) is 0 Å². The minimum atomic E-state index is 0.182. The van der Waals surface area contributed by atoms with E-state index >= 15 is 0 Å². The number of rotatable bonds is 5. The van der Waals surface area contributed by atoms with Crippen molar-refractivity contribution in [3.05, 3.63) is 0 Å². The first kappa shape index (κ1) is 13.5. The molecule has 0 aliphatic rings. The fourth-order valence-corrected chi connectivity index (χ4v) is 0.516. The summed E-state index contributed by atoms with van der Waals surface area (Å²) in [5.74, 6) is 0. The third-order valence-corrected chi connectivity index (χ3v) is 1.02. The van der Waals surface area contributed by atoms with E-state index in [1.807, 2.05) is 20.8 Å². The van der Waals surface area contributed by atoms with Gasteiger partial charge in [0.15, 0.2) is 0 Å².